The van der Waals surface area contributed by atoms with E-state index in [2.05, 4.69) is 12.2 Å². The van der Waals surface area contributed by atoms with Gasteiger partial charge < -0.3 is 10.1 Å². The van der Waals surface area contributed by atoms with Crippen LogP contribution in [0.25, 0.3) is 0 Å². The van der Waals surface area contributed by atoms with Crippen molar-refractivity contribution in [1.82, 2.24) is 5.32 Å². The van der Waals surface area contributed by atoms with E-state index in [0.717, 1.165) is 19.7 Å². The molecule has 0 saturated heterocycles. The highest BCUT2D eigenvalue weighted by Crippen LogP contribution is 2.37. The van der Waals surface area contributed by atoms with Crippen molar-refractivity contribution in [2.24, 2.45) is 5.41 Å². The summed E-state index contributed by atoms with van der Waals surface area (Å²) in [6.07, 6.45) is 5.45. The van der Waals surface area contributed by atoms with Crippen LogP contribution in [0.1, 0.15) is 32.6 Å². The van der Waals surface area contributed by atoms with Gasteiger partial charge in [0.25, 0.3) is 0 Å². The molecule has 0 radical (unpaired) electrons. The lowest BCUT2D eigenvalue weighted by atomic mass is 9.87. The second-order valence-electron chi connectivity index (χ2n) is 3.92. The number of hydrogen-bond acceptors (Lipinski definition) is 2. The maximum absolute atomic E-state index is 5.29. The summed E-state index contributed by atoms with van der Waals surface area (Å²) < 4.78 is 5.29. The van der Waals surface area contributed by atoms with Crippen molar-refractivity contribution < 1.29 is 4.74 Å². The predicted octanol–water partition coefficient (Wildman–Crippen LogP) is 1.80. The summed E-state index contributed by atoms with van der Waals surface area (Å²) in [7, 11) is 1.81. The number of rotatable bonds is 5. The zero-order valence-corrected chi connectivity index (χ0v) is 8.36. The average molecular weight is 171 g/mol. The Hall–Kier alpha value is -0.0800. The fourth-order valence-corrected chi connectivity index (χ4v) is 2.19. The van der Waals surface area contributed by atoms with Gasteiger partial charge in [-0.1, -0.05) is 19.8 Å². The topological polar surface area (TPSA) is 21.3 Å². The van der Waals surface area contributed by atoms with Crippen LogP contribution in [0.5, 0.6) is 0 Å². The molecule has 1 saturated carbocycles. The molecule has 0 spiro atoms. The highest BCUT2D eigenvalue weighted by molar-refractivity contribution is 4.86. The third kappa shape index (κ3) is 2.46. The Morgan fingerprint density at radius 2 is 2.00 bits per heavy atom. The van der Waals surface area contributed by atoms with E-state index < -0.39 is 0 Å². The van der Waals surface area contributed by atoms with Gasteiger partial charge in [-0.05, 0) is 19.4 Å². The van der Waals surface area contributed by atoms with Gasteiger partial charge in [-0.2, -0.15) is 0 Å². The van der Waals surface area contributed by atoms with Crippen LogP contribution in [0.2, 0.25) is 0 Å². The number of nitrogens with one attached hydrogen (secondary N) is 1. The maximum Gasteiger partial charge on any atom is 0.0530 e. The zero-order valence-electron chi connectivity index (χ0n) is 8.36. The second kappa shape index (κ2) is 4.83. The predicted molar refractivity (Wildman–Crippen MR) is 51.3 cm³/mol. The second-order valence-corrected chi connectivity index (χ2v) is 3.92. The molecule has 0 aliphatic heterocycles. The van der Waals surface area contributed by atoms with E-state index >= 15 is 0 Å². The molecule has 2 heteroatoms. The molecule has 1 aliphatic carbocycles. The normalized spacial score (nSPS) is 21.5. The van der Waals surface area contributed by atoms with Gasteiger partial charge in [-0.15, -0.1) is 0 Å². The Morgan fingerprint density at radius 3 is 2.50 bits per heavy atom. The van der Waals surface area contributed by atoms with Gasteiger partial charge in [0, 0.05) is 19.1 Å². The first-order valence-electron chi connectivity index (χ1n) is 5.03. The van der Waals surface area contributed by atoms with Crippen molar-refractivity contribution in [2.75, 3.05) is 26.8 Å². The van der Waals surface area contributed by atoms with Crippen LogP contribution in [-0.2, 0) is 4.74 Å². The molecule has 1 aliphatic rings. The Labute approximate surface area is 75.7 Å². The molecule has 1 rings (SSSR count). The van der Waals surface area contributed by atoms with Gasteiger partial charge in [0.1, 0.15) is 0 Å². The first-order valence-corrected chi connectivity index (χ1v) is 5.03. The van der Waals surface area contributed by atoms with Crippen LogP contribution in [-0.4, -0.2) is 26.8 Å². The van der Waals surface area contributed by atoms with Crippen molar-refractivity contribution in [1.29, 1.82) is 0 Å². The smallest absolute Gasteiger partial charge is 0.0530 e. The van der Waals surface area contributed by atoms with E-state index in [1.165, 1.54) is 25.7 Å². The molecule has 0 aromatic heterocycles. The lowest BCUT2D eigenvalue weighted by molar-refractivity contribution is 0.0831. The van der Waals surface area contributed by atoms with Crippen molar-refractivity contribution in [3.8, 4) is 0 Å². The third-order valence-corrected chi connectivity index (χ3v) is 2.86. The van der Waals surface area contributed by atoms with Crippen LogP contribution in [0.4, 0.5) is 0 Å². The number of methoxy groups -OCH3 is 1. The van der Waals surface area contributed by atoms with E-state index in [1.54, 1.807) is 0 Å². The molecule has 1 N–H and O–H groups in total. The van der Waals surface area contributed by atoms with Crippen molar-refractivity contribution in [2.45, 2.75) is 32.6 Å². The van der Waals surface area contributed by atoms with Crippen LogP contribution in [0.3, 0.4) is 0 Å². The molecule has 0 atom stereocenters. The molecule has 12 heavy (non-hydrogen) atoms. The largest absolute Gasteiger partial charge is 0.384 e. The summed E-state index contributed by atoms with van der Waals surface area (Å²) in [4.78, 5) is 0. The van der Waals surface area contributed by atoms with Crippen LogP contribution >= 0.6 is 0 Å². The Kier molecular flexibility index (Phi) is 4.02. The third-order valence-electron chi connectivity index (χ3n) is 2.86. The van der Waals surface area contributed by atoms with Gasteiger partial charge in [-0.3, -0.25) is 0 Å². The lowest BCUT2D eigenvalue weighted by Gasteiger charge is -2.28. The minimum Gasteiger partial charge on any atom is -0.384 e. The first-order chi connectivity index (χ1) is 5.83. The van der Waals surface area contributed by atoms with Crippen molar-refractivity contribution >= 4 is 0 Å². The Balaban J connectivity index is 2.35. The molecule has 0 heterocycles. The van der Waals surface area contributed by atoms with Crippen molar-refractivity contribution in [3.05, 3.63) is 0 Å². The van der Waals surface area contributed by atoms with Gasteiger partial charge in [-0.25, -0.2) is 0 Å². The fraction of sp³-hybridized carbons (Fsp3) is 1.00. The minimum absolute atomic E-state index is 0.463. The highest BCUT2D eigenvalue weighted by atomic mass is 16.5. The van der Waals surface area contributed by atoms with E-state index in [4.69, 9.17) is 4.74 Å². The van der Waals surface area contributed by atoms with Crippen LogP contribution in [0, 0.1) is 5.41 Å². The minimum atomic E-state index is 0.463. The van der Waals surface area contributed by atoms with Crippen molar-refractivity contribution in [3.63, 3.8) is 0 Å². The van der Waals surface area contributed by atoms with Gasteiger partial charge in [0.15, 0.2) is 0 Å². The molecule has 0 aromatic carbocycles. The Bertz CT molecular complexity index is 119. The summed E-state index contributed by atoms with van der Waals surface area (Å²) in [6.45, 7) is 5.30. The van der Waals surface area contributed by atoms with Crippen LogP contribution in [0.15, 0.2) is 0 Å². The monoisotopic (exact) mass is 171 g/mol. The molecule has 1 fully saturated rings. The van der Waals surface area contributed by atoms with E-state index in [9.17, 15) is 0 Å². The zero-order chi connectivity index (χ0) is 8.86. The molecule has 0 bridgehead atoms. The first kappa shape index (κ1) is 10.0. The van der Waals surface area contributed by atoms with Crippen LogP contribution < -0.4 is 5.32 Å². The SMILES string of the molecule is CCNCC1(COC)CCCC1. The average Bonchev–Trinajstić information content (AvgIpc) is 2.51. The summed E-state index contributed by atoms with van der Waals surface area (Å²) in [5, 5.41) is 3.44. The highest BCUT2D eigenvalue weighted by Gasteiger charge is 2.33. The van der Waals surface area contributed by atoms with Gasteiger partial charge in [0.2, 0.25) is 0 Å². The molecule has 0 amide bonds. The number of hydrogen-bond donors (Lipinski definition) is 1. The maximum atomic E-state index is 5.29. The summed E-state index contributed by atoms with van der Waals surface area (Å²) in [5.74, 6) is 0. The standard InChI is InChI=1S/C10H21NO/c1-3-11-8-10(9-12-2)6-4-5-7-10/h11H,3-9H2,1-2H3. The summed E-state index contributed by atoms with van der Waals surface area (Å²) in [5.41, 5.74) is 0.463. The van der Waals surface area contributed by atoms with E-state index in [1.807, 2.05) is 7.11 Å². The molecular formula is C10H21NO. The molecule has 72 valence electrons. The van der Waals surface area contributed by atoms with E-state index in [0.29, 0.717) is 5.41 Å². The quantitative estimate of drug-likeness (QED) is 0.681. The van der Waals surface area contributed by atoms with Gasteiger partial charge in [0.05, 0.1) is 6.61 Å². The Morgan fingerprint density at radius 1 is 1.33 bits per heavy atom. The molecule has 2 nitrogen and oxygen atoms in total. The molecule has 0 aromatic rings. The lowest BCUT2D eigenvalue weighted by Crippen LogP contribution is -2.35. The summed E-state index contributed by atoms with van der Waals surface area (Å²) in [6, 6.07) is 0. The van der Waals surface area contributed by atoms with Gasteiger partial charge >= 0.3 is 0 Å². The molecule has 0 unspecified atom stereocenters. The summed E-state index contributed by atoms with van der Waals surface area (Å²) >= 11 is 0. The number of ether oxygens (including phenoxy) is 1. The molecular weight excluding hydrogens is 150 g/mol. The fourth-order valence-electron chi connectivity index (χ4n) is 2.19. The van der Waals surface area contributed by atoms with E-state index in [-0.39, 0.29) is 0 Å².